The van der Waals surface area contributed by atoms with Crippen LogP contribution in [0.2, 0.25) is 0 Å². The molecule has 1 unspecified atom stereocenters. The summed E-state index contributed by atoms with van der Waals surface area (Å²) in [6.45, 7) is 3.05. The van der Waals surface area contributed by atoms with Crippen molar-refractivity contribution in [2.45, 2.75) is 26.9 Å². The fraction of sp³-hybridized carbons (Fsp3) is 0.500. The number of ketones is 1. The molecular formula is C8H23N3O8. The zero-order chi connectivity index (χ0) is 13.9. The highest BCUT2D eigenvalue weighted by Gasteiger charge is 1.89. The lowest BCUT2D eigenvalue weighted by Crippen LogP contribution is -2.32. The Balaban J connectivity index is -0.0000000315. The van der Waals surface area contributed by atoms with Gasteiger partial charge in [-0.3, -0.25) is 4.79 Å². The van der Waals surface area contributed by atoms with Crippen LogP contribution < -0.4 is 33.8 Å². The molecule has 11 heteroatoms. The minimum atomic E-state index is -1.63. The third kappa shape index (κ3) is 88.0. The van der Waals surface area contributed by atoms with E-state index in [1.807, 2.05) is 0 Å². The predicted octanol–water partition coefficient (Wildman–Crippen LogP) is -3.67. The molecule has 0 heterocycles. The van der Waals surface area contributed by atoms with E-state index in [0.29, 0.717) is 0 Å². The van der Waals surface area contributed by atoms with Gasteiger partial charge in [-0.25, -0.2) is 0 Å². The monoisotopic (exact) mass is 289 g/mol. The molecule has 0 amide bonds. The van der Waals surface area contributed by atoms with E-state index in [1.54, 1.807) is 0 Å². The summed E-state index contributed by atoms with van der Waals surface area (Å²) in [6, 6.07) is 0. The molecule has 13 N–H and O–H groups in total. The van der Waals surface area contributed by atoms with Crippen LogP contribution in [0, 0.1) is 0 Å². The molecule has 0 aromatic carbocycles. The average molecular weight is 289 g/mol. The van der Waals surface area contributed by atoms with Crippen LogP contribution in [0.15, 0.2) is 0 Å². The Morgan fingerprint density at radius 2 is 1.00 bits per heavy atom. The van der Waals surface area contributed by atoms with Gasteiger partial charge in [0.15, 0.2) is 5.78 Å². The first kappa shape index (κ1) is 36.0. The van der Waals surface area contributed by atoms with Crippen LogP contribution in [0.5, 0.6) is 0 Å². The topological polar surface area (TPSA) is 267 Å². The molecule has 11 nitrogen and oxygen atoms in total. The Morgan fingerprint density at radius 3 is 1.00 bits per heavy atom. The maximum atomic E-state index is 9.48. The Kier molecular flexibility index (Phi) is 40.2. The molecule has 0 aliphatic heterocycles. The molecule has 0 fully saturated rings. The van der Waals surface area contributed by atoms with Crippen molar-refractivity contribution in [2.75, 3.05) is 0 Å². The van der Waals surface area contributed by atoms with E-state index in [0.717, 1.165) is 20.8 Å². The molecule has 118 valence electrons. The van der Waals surface area contributed by atoms with Crippen molar-refractivity contribution >= 4 is 23.7 Å². The highest BCUT2D eigenvalue weighted by atomic mass is 16.4. The largest absolute Gasteiger partial charge is 0.550 e. The lowest BCUT2D eigenvalue weighted by molar-refractivity contribution is -0.314. The van der Waals surface area contributed by atoms with Gasteiger partial charge in [0.2, 0.25) is 0 Å². The van der Waals surface area contributed by atoms with Crippen LogP contribution in [0.25, 0.3) is 0 Å². The highest BCUT2D eigenvalue weighted by Crippen LogP contribution is 1.69. The number of carbonyl (C=O) groups is 4. The van der Waals surface area contributed by atoms with E-state index in [2.05, 4.69) is 0 Å². The summed E-state index contributed by atoms with van der Waals surface area (Å²) in [7, 11) is 0. The van der Waals surface area contributed by atoms with Crippen LogP contribution in [0.1, 0.15) is 20.8 Å². The van der Waals surface area contributed by atoms with E-state index in [9.17, 15) is 24.6 Å². The Morgan fingerprint density at radius 1 is 0.895 bits per heavy atom. The number of hydrogen-bond acceptors (Lipinski definition) is 8. The van der Waals surface area contributed by atoms with E-state index < -0.39 is 29.8 Å². The van der Waals surface area contributed by atoms with Gasteiger partial charge < -0.3 is 53.3 Å². The minimum Gasteiger partial charge on any atom is -0.550 e. The zero-order valence-electron chi connectivity index (χ0n) is 11.9. The summed E-state index contributed by atoms with van der Waals surface area (Å²) in [5.41, 5.74) is 0. The van der Waals surface area contributed by atoms with Crippen molar-refractivity contribution in [2.24, 2.45) is 0 Å². The van der Waals surface area contributed by atoms with Crippen molar-refractivity contribution in [3.8, 4) is 0 Å². The molecule has 0 aliphatic carbocycles. The van der Waals surface area contributed by atoms with Gasteiger partial charge >= 0.3 is 0 Å². The van der Waals surface area contributed by atoms with E-state index in [4.69, 9.17) is 15.0 Å². The zero-order valence-corrected chi connectivity index (χ0v) is 11.9. The quantitative estimate of drug-likeness (QED) is 0.366. The van der Waals surface area contributed by atoms with E-state index in [-0.39, 0.29) is 18.5 Å². The average Bonchev–Trinajstić information content (AvgIpc) is 2.03. The number of aliphatic hydroxyl groups excluding tert-OH is 1. The molecule has 0 aromatic heterocycles. The number of quaternary nitrogens is 3. The van der Waals surface area contributed by atoms with Crippen LogP contribution in [-0.2, 0) is 19.2 Å². The van der Waals surface area contributed by atoms with Gasteiger partial charge in [0.25, 0.3) is 0 Å². The molecule has 0 aromatic rings. The van der Waals surface area contributed by atoms with Crippen molar-refractivity contribution < 1.29 is 39.6 Å². The Hall–Kier alpha value is -2.08. The number of Topliss-reactive ketones (excluding diaryl/α,β-unsaturated/α-hetero) is 1. The first-order chi connectivity index (χ1) is 7.02. The Bertz CT molecular complexity index is 251. The molecular weight excluding hydrogens is 266 g/mol. The predicted molar refractivity (Wildman–Crippen MR) is 61.0 cm³/mol. The molecule has 0 saturated heterocycles. The van der Waals surface area contributed by atoms with Gasteiger partial charge in [-0.05, 0) is 13.8 Å². The van der Waals surface area contributed by atoms with E-state index in [1.165, 1.54) is 0 Å². The minimum absolute atomic E-state index is 0. The first-order valence-corrected chi connectivity index (χ1v) is 3.80. The van der Waals surface area contributed by atoms with Crippen LogP contribution in [0.3, 0.4) is 0 Å². The summed E-state index contributed by atoms with van der Waals surface area (Å²) in [6.07, 6.45) is -1.34. The van der Waals surface area contributed by atoms with Gasteiger partial charge in [0.05, 0.1) is 12.1 Å². The molecule has 0 rings (SSSR count). The molecule has 0 radical (unpaired) electrons. The first-order valence-electron chi connectivity index (χ1n) is 3.80. The van der Waals surface area contributed by atoms with E-state index >= 15 is 0 Å². The maximum Gasteiger partial charge on any atom is 0.175 e. The lowest BCUT2D eigenvalue weighted by Gasteiger charge is -2.00. The molecule has 0 bridgehead atoms. The third-order valence-corrected chi connectivity index (χ3v) is 0.629. The van der Waals surface area contributed by atoms with Crippen LogP contribution >= 0.6 is 0 Å². The third-order valence-electron chi connectivity index (χ3n) is 0.629. The fourth-order valence-electron chi connectivity index (χ4n) is 0. The van der Waals surface area contributed by atoms with Crippen LogP contribution in [-0.4, -0.2) is 34.9 Å². The molecule has 19 heavy (non-hydrogen) atoms. The van der Waals surface area contributed by atoms with Gasteiger partial charge in [0.1, 0.15) is 5.97 Å². The molecule has 0 saturated carbocycles. The summed E-state index contributed by atoms with van der Waals surface area (Å²) in [5, 5.41) is 35.4. The van der Waals surface area contributed by atoms with Crippen molar-refractivity contribution in [3.05, 3.63) is 0 Å². The highest BCUT2D eigenvalue weighted by molar-refractivity contribution is 6.30. The number of carbonyl (C=O) groups excluding carboxylic acids is 4. The molecule has 1 atom stereocenters. The maximum absolute atomic E-state index is 9.48. The second-order valence-corrected chi connectivity index (χ2v) is 2.33. The van der Waals surface area contributed by atoms with Gasteiger partial charge in [0, 0.05) is 12.9 Å². The second-order valence-electron chi connectivity index (χ2n) is 2.33. The molecule has 0 aliphatic rings. The number of aliphatic hydroxyl groups is 1. The number of hydrogen-bond donors (Lipinski definition) is 4. The molecule has 0 spiro atoms. The second kappa shape index (κ2) is 21.2. The number of carboxylic acids is 3. The normalized spacial score (nSPS) is 8.00. The van der Waals surface area contributed by atoms with Crippen molar-refractivity contribution in [3.63, 3.8) is 0 Å². The summed E-state index contributed by atoms with van der Waals surface area (Å²) < 4.78 is 0. The Labute approximate surface area is 110 Å². The van der Waals surface area contributed by atoms with Gasteiger partial charge in [-0.15, -0.1) is 0 Å². The lowest BCUT2D eigenvalue weighted by atomic mass is 10.4. The van der Waals surface area contributed by atoms with Crippen molar-refractivity contribution in [1.29, 1.82) is 0 Å². The summed E-state index contributed by atoms with van der Waals surface area (Å²) in [4.78, 5) is 36.9. The van der Waals surface area contributed by atoms with Crippen LogP contribution in [0.4, 0.5) is 0 Å². The smallest absolute Gasteiger partial charge is 0.175 e. The number of aliphatic carboxylic acids is 3. The summed E-state index contributed by atoms with van der Waals surface area (Å²) >= 11 is 0. The van der Waals surface area contributed by atoms with Gasteiger partial charge in [-0.1, -0.05) is 0 Å². The fourth-order valence-corrected chi connectivity index (χ4v) is 0. The number of carboxylic acid groups (broad SMARTS) is 3. The standard InChI is InChI=1S/C3H6O3.C3H4O3.C2H4O2.3H3N/c2*1-2(4)3(5)6;1-2(3)4;;;/h2,4H,1H3,(H,5,6);1H3,(H,5,6);1H3,(H,3,4);3*1H3. The number of rotatable bonds is 2. The SMILES string of the molecule is CC(=O)C(=O)[O-].CC(=O)[O-].CC(O)C(=O)[O-].[NH4+].[NH4+].[NH4+]. The van der Waals surface area contributed by atoms with Gasteiger partial charge in [-0.2, -0.15) is 0 Å². The van der Waals surface area contributed by atoms with Crippen molar-refractivity contribution in [1.82, 2.24) is 18.5 Å². The summed E-state index contributed by atoms with van der Waals surface area (Å²) in [5.74, 6) is -5.08.